The first-order chi connectivity index (χ1) is 13.9. The first kappa shape index (κ1) is 22.1. The van der Waals surface area contributed by atoms with Crippen molar-refractivity contribution in [3.8, 4) is 0 Å². The molecule has 1 amide bonds. The predicted molar refractivity (Wildman–Crippen MR) is 105 cm³/mol. The second kappa shape index (κ2) is 10.4. The SMILES string of the molecule is CCOC(=O)CC[C@H](NC(=O)Cn1c(=O)c(C)nc2ccccc21)C(=O)OCC. The smallest absolute Gasteiger partial charge is 0.328 e. The minimum atomic E-state index is -1.02. The van der Waals surface area contributed by atoms with E-state index in [0.29, 0.717) is 11.0 Å². The van der Waals surface area contributed by atoms with Crippen molar-refractivity contribution in [2.75, 3.05) is 13.2 Å². The Morgan fingerprint density at radius 3 is 2.52 bits per heavy atom. The van der Waals surface area contributed by atoms with Crippen molar-refractivity contribution in [1.82, 2.24) is 14.9 Å². The molecule has 0 unspecified atom stereocenters. The molecule has 1 heterocycles. The monoisotopic (exact) mass is 403 g/mol. The van der Waals surface area contributed by atoms with Gasteiger partial charge in [-0.3, -0.25) is 19.0 Å². The average molecular weight is 403 g/mol. The molecule has 9 nitrogen and oxygen atoms in total. The lowest BCUT2D eigenvalue weighted by molar-refractivity contribution is -0.148. The number of amides is 1. The summed E-state index contributed by atoms with van der Waals surface area (Å²) in [6.07, 6.45) is -0.0106. The van der Waals surface area contributed by atoms with Gasteiger partial charge in [-0.15, -0.1) is 0 Å². The number of rotatable bonds is 9. The number of hydrogen-bond donors (Lipinski definition) is 1. The van der Waals surface area contributed by atoms with Crippen LogP contribution in [0.3, 0.4) is 0 Å². The molecule has 0 bridgehead atoms. The molecule has 1 aromatic carbocycles. The number of ether oxygens (including phenoxy) is 2. The molecular weight excluding hydrogens is 378 g/mol. The average Bonchev–Trinajstić information content (AvgIpc) is 2.69. The molecule has 9 heteroatoms. The highest BCUT2D eigenvalue weighted by molar-refractivity contribution is 5.86. The van der Waals surface area contributed by atoms with Crippen LogP contribution in [0.15, 0.2) is 29.1 Å². The molecule has 156 valence electrons. The van der Waals surface area contributed by atoms with Crippen molar-refractivity contribution in [2.45, 2.75) is 46.2 Å². The number of benzene rings is 1. The van der Waals surface area contributed by atoms with Crippen LogP contribution < -0.4 is 10.9 Å². The zero-order valence-corrected chi connectivity index (χ0v) is 16.8. The van der Waals surface area contributed by atoms with E-state index >= 15 is 0 Å². The van der Waals surface area contributed by atoms with E-state index in [9.17, 15) is 19.2 Å². The van der Waals surface area contributed by atoms with E-state index in [2.05, 4.69) is 10.3 Å². The molecule has 1 N–H and O–H groups in total. The fraction of sp³-hybridized carbons (Fsp3) is 0.450. The zero-order valence-electron chi connectivity index (χ0n) is 16.8. The molecule has 0 fully saturated rings. The lowest BCUT2D eigenvalue weighted by Crippen LogP contribution is -2.44. The van der Waals surface area contributed by atoms with Crippen LogP contribution in [0.4, 0.5) is 0 Å². The number of aromatic nitrogens is 2. The normalized spacial score (nSPS) is 11.7. The number of aryl methyl sites for hydroxylation is 1. The van der Waals surface area contributed by atoms with Gasteiger partial charge in [0.05, 0.1) is 24.2 Å². The van der Waals surface area contributed by atoms with Gasteiger partial charge in [-0.25, -0.2) is 9.78 Å². The van der Waals surface area contributed by atoms with Crippen molar-refractivity contribution in [1.29, 1.82) is 0 Å². The first-order valence-electron chi connectivity index (χ1n) is 9.45. The van der Waals surface area contributed by atoms with E-state index in [0.717, 1.165) is 0 Å². The molecule has 2 aromatic rings. The van der Waals surface area contributed by atoms with Crippen molar-refractivity contribution < 1.29 is 23.9 Å². The molecule has 29 heavy (non-hydrogen) atoms. The summed E-state index contributed by atoms with van der Waals surface area (Å²) in [7, 11) is 0. The Labute approximate surface area is 168 Å². The highest BCUT2D eigenvalue weighted by atomic mass is 16.5. The maximum atomic E-state index is 12.6. The second-order valence-corrected chi connectivity index (χ2v) is 6.29. The Balaban J connectivity index is 2.18. The Bertz CT molecular complexity index is 953. The molecular formula is C20H25N3O6. The molecule has 0 radical (unpaired) electrons. The van der Waals surface area contributed by atoms with Crippen LogP contribution in [0.1, 0.15) is 32.4 Å². The third kappa shape index (κ3) is 5.87. The quantitative estimate of drug-likeness (QED) is 0.623. The third-order valence-corrected chi connectivity index (χ3v) is 4.17. The van der Waals surface area contributed by atoms with Gasteiger partial charge in [0.25, 0.3) is 5.56 Å². The maximum absolute atomic E-state index is 12.6. The minimum Gasteiger partial charge on any atom is -0.466 e. The lowest BCUT2D eigenvalue weighted by atomic mass is 10.1. The molecule has 1 aromatic heterocycles. The summed E-state index contributed by atoms with van der Waals surface area (Å²) in [6.45, 7) is 4.97. The number of fused-ring (bicyclic) bond motifs is 1. The Morgan fingerprint density at radius 2 is 1.83 bits per heavy atom. The van der Waals surface area contributed by atoms with Crippen LogP contribution in [0.25, 0.3) is 11.0 Å². The molecule has 0 aliphatic carbocycles. The van der Waals surface area contributed by atoms with Crippen LogP contribution in [0, 0.1) is 6.92 Å². The number of nitrogens with one attached hydrogen (secondary N) is 1. The van der Waals surface area contributed by atoms with Crippen LogP contribution in [-0.4, -0.2) is 46.7 Å². The van der Waals surface area contributed by atoms with Crippen LogP contribution in [0.2, 0.25) is 0 Å². The third-order valence-electron chi connectivity index (χ3n) is 4.17. The van der Waals surface area contributed by atoms with E-state index in [-0.39, 0.29) is 38.3 Å². The largest absolute Gasteiger partial charge is 0.466 e. The molecule has 0 saturated heterocycles. The van der Waals surface area contributed by atoms with E-state index in [1.807, 2.05) is 0 Å². The van der Waals surface area contributed by atoms with Gasteiger partial charge in [0.15, 0.2) is 0 Å². The lowest BCUT2D eigenvalue weighted by Gasteiger charge is -2.18. The summed E-state index contributed by atoms with van der Waals surface area (Å²) >= 11 is 0. The van der Waals surface area contributed by atoms with Crippen LogP contribution in [-0.2, 0) is 30.4 Å². The van der Waals surface area contributed by atoms with Crippen molar-refractivity contribution >= 4 is 28.9 Å². The Morgan fingerprint density at radius 1 is 1.14 bits per heavy atom. The number of carbonyl (C=O) groups excluding carboxylic acids is 3. The van der Waals surface area contributed by atoms with Crippen molar-refractivity contribution in [3.63, 3.8) is 0 Å². The highest BCUT2D eigenvalue weighted by Crippen LogP contribution is 2.10. The molecule has 0 aliphatic rings. The van der Waals surface area contributed by atoms with E-state index in [1.54, 1.807) is 45.0 Å². The van der Waals surface area contributed by atoms with Gasteiger partial charge in [0, 0.05) is 6.42 Å². The summed E-state index contributed by atoms with van der Waals surface area (Å²) in [6, 6.07) is 5.96. The van der Waals surface area contributed by atoms with Crippen molar-refractivity contribution in [3.05, 3.63) is 40.3 Å². The summed E-state index contributed by atoms with van der Waals surface area (Å²) in [5.41, 5.74) is 0.970. The molecule has 2 rings (SSSR count). The Kier molecular flexibility index (Phi) is 7.88. The number of hydrogen-bond acceptors (Lipinski definition) is 7. The standard InChI is InChI=1S/C20H25N3O6/c1-4-28-18(25)11-10-15(20(27)29-5-2)22-17(24)12-23-16-9-7-6-8-14(16)21-13(3)19(23)26/h6-9,15H,4-5,10-12H2,1-3H3,(H,22,24)/t15-/m0/s1. The summed E-state index contributed by atoms with van der Waals surface area (Å²) in [5, 5.41) is 2.56. The van der Waals surface area contributed by atoms with Crippen LogP contribution >= 0.6 is 0 Å². The minimum absolute atomic E-state index is 0.0361. The van der Waals surface area contributed by atoms with Crippen LogP contribution in [0.5, 0.6) is 0 Å². The molecule has 0 spiro atoms. The van der Waals surface area contributed by atoms with Gasteiger partial charge < -0.3 is 14.8 Å². The maximum Gasteiger partial charge on any atom is 0.328 e. The number of esters is 2. The fourth-order valence-corrected chi connectivity index (χ4v) is 2.85. The fourth-order valence-electron chi connectivity index (χ4n) is 2.85. The van der Waals surface area contributed by atoms with Gasteiger partial charge in [0.1, 0.15) is 18.3 Å². The predicted octanol–water partition coefficient (Wildman–Crippen LogP) is 1.10. The van der Waals surface area contributed by atoms with Gasteiger partial charge in [-0.1, -0.05) is 12.1 Å². The number of carbonyl (C=O) groups is 3. The molecule has 1 atom stereocenters. The van der Waals surface area contributed by atoms with Gasteiger partial charge in [0.2, 0.25) is 5.91 Å². The zero-order chi connectivity index (χ0) is 21.4. The van der Waals surface area contributed by atoms with Crippen molar-refractivity contribution in [2.24, 2.45) is 0 Å². The molecule has 0 aliphatic heterocycles. The van der Waals surface area contributed by atoms with E-state index in [1.165, 1.54) is 4.57 Å². The summed E-state index contributed by atoms with van der Waals surface area (Å²) in [5.74, 6) is -1.67. The number of nitrogens with zero attached hydrogens (tertiary/aromatic N) is 2. The first-order valence-corrected chi connectivity index (χ1v) is 9.45. The van der Waals surface area contributed by atoms with Gasteiger partial charge >= 0.3 is 11.9 Å². The summed E-state index contributed by atoms with van der Waals surface area (Å²) < 4.78 is 11.1. The summed E-state index contributed by atoms with van der Waals surface area (Å²) in [4.78, 5) is 53.1. The van der Waals surface area contributed by atoms with E-state index in [4.69, 9.17) is 9.47 Å². The van der Waals surface area contributed by atoms with E-state index < -0.39 is 29.4 Å². The van der Waals surface area contributed by atoms with Gasteiger partial charge in [-0.2, -0.15) is 0 Å². The van der Waals surface area contributed by atoms with Gasteiger partial charge in [-0.05, 0) is 39.3 Å². The molecule has 0 saturated carbocycles. The number of para-hydroxylation sites is 2. The topological polar surface area (TPSA) is 117 Å². The highest BCUT2D eigenvalue weighted by Gasteiger charge is 2.24. The Hall–Kier alpha value is -3.23. The second-order valence-electron chi connectivity index (χ2n) is 6.29.